The Balaban J connectivity index is 1.42. The van der Waals surface area contributed by atoms with Gasteiger partial charge < -0.3 is 30.7 Å². The van der Waals surface area contributed by atoms with E-state index in [0.717, 1.165) is 5.56 Å². The van der Waals surface area contributed by atoms with E-state index in [1.54, 1.807) is 22.2 Å². The molecule has 0 spiro atoms. The van der Waals surface area contributed by atoms with Gasteiger partial charge in [0.2, 0.25) is 11.9 Å². The zero-order valence-corrected chi connectivity index (χ0v) is 18.7. The van der Waals surface area contributed by atoms with Crippen LogP contribution in [0.3, 0.4) is 0 Å². The molecule has 4 N–H and O–H groups in total. The summed E-state index contributed by atoms with van der Waals surface area (Å²) in [4.78, 5) is 47.4. The number of morpholine rings is 1. The molecule has 13 nitrogen and oxygen atoms in total. The fraction of sp³-hybridized carbons (Fsp3) is 0.524. The molecule has 34 heavy (non-hydrogen) atoms. The Labute approximate surface area is 196 Å². The van der Waals surface area contributed by atoms with E-state index in [1.807, 2.05) is 4.90 Å². The molecule has 3 amide bonds. The van der Waals surface area contributed by atoms with Crippen LogP contribution in [-0.4, -0.2) is 89.0 Å². The molecule has 2 aromatic heterocycles. The largest absolute Gasteiger partial charge is 0.446 e. The van der Waals surface area contributed by atoms with Crippen molar-refractivity contribution >= 4 is 29.8 Å². The standard InChI is InChI=1S/C21H27N9O4/c22-18-24-11-13(12-25-18)16-15-3-6-30(17(15)27-20(26-16)29-7-9-33-10-8-29)21(32)34-14-1-4-28(5-2-14)19(23)31/h11-12,14H,1-10H2,(H2,23,31)(H2,22,24,25). The number of aromatic nitrogens is 4. The SMILES string of the molecule is NC(=O)N1CCC(OC(=O)N2CCc3c(-c4cnc(N)nc4)nc(N4CCOCC4)nc32)CC1. The Morgan fingerprint density at radius 2 is 1.74 bits per heavy atom. The van der Waals surface area contributed by atoms with Crippen LogP contribution in [-0.2, 0) is 15.9 Å². The summed E-state index contributed by atoms with van der Waals surface area (Å²) >= 11 is 0. The summed E-state index contributed by atoms with van der Waals surface area (Å²) in [5.74, 6) is 1.22. The molecule has 0 aromatic carbocycles. The number of urea groups is 1. The number of fused-ring (bicyclic) bond motifs is 1. The van der Waals surface area contributed by atoms with Crippen molar-refractivity contribution < 1.29 is 19.1 Å². The number of anilines is 3. The predicted octanol–water partition coefficient (Wildman–Crippen LogP) is 0.395. The lowest BCUT2D eigenvalue weighted by Gasteiger charge is -2.31. The van der Waals surface area contributed by atoms with E-state index in [4.69, 9.17) is 30.9 Å². The average Bonchev–Trinajstić information content (AvgIpc) is 3.29. The molecule has 3 aliphatic rings. The van der Waals surface area contributed by atoms with E-state index < -0.39 is 12.1 Å². The molecule has 2 aromatic rings. The molecular formula is C21H27N9O4. The highest BCUT2D eigenvalue weighted by Crippen LogP contribution is 2.36. The van der Waals surface area contributed by atoms with Crippen LogP contribution >= 0.6 is 0 Å². The van der Waals surface area contributed by atoms with Crippen LogP contribution in [0.25, 0.3) is 11.3 Å². The van der Waals surface area contributed by atoms with E-state index in [0.29, 0.717) is 88.2 Å². The lowest BCUT2D eigenvalue weighted by Crippen LogP contribution is -2.45. The zero-order valence-electron chi connectivity index (χ0n) is 18.7. The minimum atomic E-state index is -0.456. The van der Waals surface area contributed by atoms with Crippen molar-refractivity contribution in [2.45, 2.75) is 25.4 Å². The van der Waals surface area contributed by atoms with Crippen molar-refractivity contribution in [3.05, 3.63) is 18.0 Å². The second kappa shape index (κ2) is 9.25. The number of nitrogens with two attached hydrogens (primary N) is 2. The Kier molecular flexibility index (Phi) is 6.01. The summed E-state index contributed by atoms with van der Waals surface area (Å²) in [5, 5.41) is 0. The highest BCUT2D eigenvalue weighted by molar-refractivity contribution is 5.91. The van der Waals surface area contributed by atoms with Gasteiger partial charge in [0.25, 0.3) is 0 Å². The van der Waals surface area contributed by atoms with Gasteiger partial charge in [-0.1, -0.05) is 0 Å². The van der Waals surface area contributed by atoms with Gasteiger partial charge in [0, 0.05) is 69.1 Å². The third-order valence-corrected chi connectivity index (χ3v) is 6.30. The second-order valence-corrected chi connectivity index (χ2v) is 8.41. The fourth-order valence-electron chi connectivity index (χ4n) is 4.43. The molecule has 0 saturated carbocycles. The van der Waals surface area contributed by atoms with Gasteiger partial charge in [-0.2, -0.15) is 4.98 Å². The molecule has 0 radical (unpaired) electrons. The van der Waals surface area contributed by atoms with Gasteiger partial charge in [-0.15, -0.1) is 0 Å². The normalized spacial score (nSPS) is 18.6. The number of amides is 3. The van der Waals surface area contributed by atoms with Gasteiger partial charge in [0.1, 0.15) is 11.9 Å². The van der Waals surface area contributed by atoms with Crippen molar-refractivity contribution in [1.29, 1.82) is 0 Å². The van der Waals surface area contributed by atoms with Gasteiger partial charge >= 0.3 is 12.1 Å². The van der Waals surface area contributed by atoms with Gasteiger partial charge in [0.15, 0.2) is 0 Å². The van der Waals surface area contributed by atoms with Crippen LogP contribution in [0.1, 0.15) is 18.4 Å². The monoisotopic (exact) mass is 469 g/mol. The first-order valence-electron chi connectivity index (χ1n) is 11.3. The van der Waals surface area contributed by atoms with Crippen molar-refractivity contribution in [1.82, 2.24) is 24.8 Å². The summed E-state index contributed by atoms with van der Waals surface area (Å²) in [5.41, 5.74) is 13.2. The van der Waals surface area contributed by atoms with Crippen LogP contribution in [0, 0.1) is 0 Å². The third-order valence-electron chi connectivity index (χ3n) is 6.30. The number of piperidine rings is 1. The molecule has 0 atom stereocenters. The van der Waals surface area contributed by atoms with Gasteiger partial charge in [0.05, 0.1) is 18.9 Å². The van der Waals surface area contributed by atoms with Crippen LogP contribution < -0.4 is 21.3 Å². The molecule has 5 heterocycles. The number of hydrogen-bond acceptors (Lipinski definition) is 10. The molecule has 0 aliphatic carbocycles. The van der Waals surface area contributed by atoms with Crippen molar-refractivity contribution in [3.63, 3.8) is 0 Å². The van der Waals surface area contributed by atoms with Crippen molar-refractivity contribution in [2.24, 2.45) is 5.73 Å². The number of carbonyl (C=O) groups excluding carboxylic acids is 2. The van der Waals surface area contributed by atoms with Crippen LogP contribution in [0.4, 0.5) is 27.3 Å². The first kappa shape index (κ1) is 22.1. The van der Waals surface area contributed by atoms with Crippen LogP contribution in [0.5, 0.6) is 0 Å². The van der Waals surface area contributed by atoms with Crippen molar-refractivity contribution in [2.75, 3.05) is 61.5 Å². The molecule has 5 rings (SSSR count). The topological polar surface area (TPSA) is 166 Å². The molecule has 0 bridgehead atoms. The van der Waals surface area contributed by atoms with Crippen LogP contribution in [0.2, 0.25) is 0 Å². The van der Waals surface area contributed by atoms with E-state index >= 15 is 0 Å². The molecule has 2 fully saturated rings. The molecule has 2 saturated heterocycles. The maximum atomic E-state index is 13.1. The Morgan fingerprint density at radius 1 is 1.03 bits per heavy atom. The number of primary amides is 1. The second-order valence-electron chi connectivity index (χ2n) is 8.41. The third kappa shape index (κ3) is 4.38. The predicted molar refractivity (Wildman–Crippen MR) is 122 cm³/mol. The van der Waals surface area contributed by atoms with E-state index in [-0.39, 0.29) is 12.1 Å². The maximum absolute atomic E-state index is 13.1. The zero-order chi connectivity index (χ0) is 23.7. The number of nitrogens with zero attached hydrogens (tertiary/aromatic N) is 7. The summed E-state index contributed by atoms with van der Waals surface area (Å²) in [6.45, 7) is 3.83. The molecule has 180 valence electrons. The quantitative estimate of drug-likeness (QED) is 0.642. The fourth-order valence-corrected chi connectivity index (χ4v) is 4.43. The molecule has 13 heteroatoms. The lowest BCUT2D eigenvalue weighted by molar-refractivity contribution is 0.0645. The van der Waals surface area contributed by atoms with Crippen LogP contribution in [0.15, 0.2) is 12.4 Å². The number of ether oxygens (including phenoxy) is 2. The first-order chi connectivity index (χ1) is 16.5. The van der Waals surface area contributed by atoms with E-state index in [1.165, 1.54) is 0 Å². The minimum absolute atomic E-state index is 0.176. The van der Waals surface area contributed by atoms with Gasteiger partial charge in [-0.05, 0) is 6.42 Å². The Hall–Kier alpha value is -3.74. The number of rotatable bonds is 3. The Morgan fingerprint density at radius 3 is 2.41 bits per heavy atom. The minimum Gasteiger partial charge on any atom is -0.446 e. The summed E-state index contributed by atoms with van der Waals surface area (Å²) in [6.07, 6.45) is 4.19. The van der Waals surface area contributed by atoms with E-state index in [9.17, 15) is 9.59 Å². The number of hydrogen-bond donors (Lipinski definition) is 2. The van der Waals surface area contributed by atoms with E-state index in [2.05, 4.69) is 9.97 Å². The number of nitrogen functional groups attached to an aromatic ring is 1. The molecular weight excluding hydrogens is 442 g/mol. The lowest BCUT2D eigenvalue weighted by atomic mass is 10.1. The van der Waals surface area contributed by atoms with Gasteiger partial charge in [-0.3, -0.25) is 4.90 Å². The highest BCUT2D eigenvalue weighted by atomic mass is 16.6. The number of carbonyl (C=O) groups is 2. The van der Waals surface area contributed by atoms with Gasteiger partial charge in [-0.25, -0.2) is 24.5 Å². The summed E-state index contributed by atoms with van der Waals surface area (Å²) in [7, 11) is 0. The average molecular weight is 470 g/mol. The number of likely N-dealkylation sites (tertiary alicyclic amines) is 1. The Bertz CT molecular complexity index is 1070. The highest BCUT2D eigenvalue weighted by Gasteiger charge is 2.34. The maximum Gasteiger partial charge on any atom is 0.415 e. The summed E-state index contributed by atoms with van der Waals surface area (Å²) < 4.78 is 11.2. The van der Waals surface area contributed by atoms with Crippen molar-refractivity contribution in [3.8, 4) is 11.3 Å². The summed E-state index contributed by atoms with van der Waals surface area (Å²) in [6, 6.07) is -0.454. The molecule has 3 aliphatic heterocycles. The smallest absolute Gasteiger partial charge is 0.415 e. The molecule has 0 unspecified atom stereocenters. The first-order valence-corrected chi connectivity index (χ1v) is 11.3.